The fourth-order valence-electron chi connectivity index (χ4n) is 2.96. The molecule has 0 atom stereocenters. The van der Waals surface area contributed by atoms with Gasteiger partial charge in [-0.15, -0.1) is 16.8 Å². The van der Waals surface area contributed by atoms with Crippen LogP contribution in [0.1, 0.15) is 5.56 Å². The van der Waals surface area contributed by atoms with Gasteiger partial charge in [-0.3, -0.25) is 4.57 Å². The summed E-state index contributed by atoms with van der Waals surface area (Å²) < 4.78 is 13.4. The zero-order valence-corrected chi connectivity index (χ0v) is 17.9. The van der Waals surface area contributed by atoms with Crippen molar-refractivity contribution in [2.75, 3.05) is 7.11 Å². The normalized spacial score (nSPS) is 11.1. The molecule has 2 aromatic heterocycles. The minimum absolute atomic E-state index is 0.536. The number of para-hydroxylation sites is 1. The molecule has 0 saturated heterocycles. The van der Waals surface area contributed by atoms with E-state index in [0.717, 1.165) is 16.1 Å². The van der Waals surface area contributed by atoms with Crippen molar-refractivity contribution >= 4 is 45.9 Å². The molecule has 0 spiro atoms. The molecule has 0 amide bonds. The molecule has 0 unspecified atom stereocenters. The highest BCUT2D eigenvalue weighted by Gasteiger charge is 2.18. The van der Waals surface area contributed by atoms with Gasteiger partial charge in [-0.2, -0.15) is 0 Å². The summed E-state index contributed by atoms with van der Waals surface area (Å²) in [5, 5.41) is 11.5. The predicted octanol–water partition coefficient (Wildman–Crippen LogP) is 6.49. The van der Waals surface area contributed by atoms with Crippen LogP contribution in [0.2, 0.25) is 10.0 Å². The Balaban J connectivity index is 1.66. The van der Waals surface area contributed by atoms with Crippen molar-refractivity contribution < 1.29 is 9.15 Å². The van der Waals surface area contributed by atoms with Gasteiger partial charge in [-0.05, 0) is 29.8 Å². The molecule has 4 aromatic rings. The molecule has 0 radical (unpaired) electrons. The summed E-state index contributed by atoms with van der Waals surface area (Å²) in [5.41, 5.74) is 1.73. The smallest absolute Gasteiger partial charge is 0.200 e. The lowest BCUT2D eigenvalue weighted by Gasteiger charge is -2.07. The lowest BCUT2D eigenvalue weighted by molar-refractivity contribution is 0.410. The van der Waals surface area contributed by atoms with Crippen LogP contribution in [-0.2, 0) is 12.3 Å². The van der Waals surface area contributed by atoms with Gasteiger partial charge in [0.25, 0.3) is 0 Å². The molecule has 0 fully saturated rings. The Bertz CT molecular complexity index is 1190. The Morgan fingerprint density at radius 2 is 2.03 bits per heavy atom. The number of methoxy groups -OCH3 is 1. The van der Waals surface area contributed by atoms with E-state index in [0.29, 0.717) is 45.3 Å². The van der Waals surface area contributed by atoms with Gasteiger partial charge in [0.05, 0.1) is 17.2 Å². The maximum Gasteiger partial charge on any atom is 0.200 e. The number of aromatic nitrogens is 3. The van der Waals surface area contributed by atoms with Crippen LogP contribution in [0.4, 0.5) is 0 Å². The van der Waals surface area contributed by atoms with Crippen LogP contribution >= 0.6 is 35.0 Å². The van der Waals surface area contributed by atoms with E-state index in [-0.39, 0.29) is 0 Å². The first-order valence-electron chi connectivity index (χ1n) is 8.78. The minimum atomic E-state index is 0.536. The van der Waals surface area contributed by atoms with Crippen LogP contribution in [0.3, 0.4) is 0 Å². The summed E-state index contributed by atoms with van der Waals surface area (Å²) in [5.74, 6) is 2.62. The Labute approximate surface area is 182 Å². The summed E-state index contributed by atoms with van der Waals surface area (Å²) in [7, 11) is 1.62. The standard InChI is InChI=1S/C21H17Cl2N3O2S/c1-3-9-26-20(18-11-14-5-4-6-17(27-2)19(14)28-18)24-25-21(26)29-12-13-7-8-15(22)16(23)10-13/h3-8,10-11H,1,9,12H2,2H3. The van der Waals surface area contributed by atoms with Crippen molar-refractivity contribution in [2.45, 2.75) is 17.5 Å². The predicted molar refractivity (Wildman–Crippen MR) is 118 cm³/mol. The summed E-state index contributed by atoms with van der Waals surface area (Å²) in [6, 6.07) is 13.3. The van der Waals surface area contributed by atoms with Gasteiger partial charge in [0, 0.05) is 17.7 Å². The molecular weight excluding hydrogens is 429 g/mol. The number of halogens is 2. The number of benzene rings is 2. The van der Waals surface area contributed by atoms with Crippen molar-refractivity contribution in [1.29, 1.82) is 0 Å². The second-order valence-corrected chi connectivity index (χ2v) is 7.99. The average molecular weight is 446 g/mol. The Hall–Kier alpha value is -2.41. The molecular formula is C21H17Cl2N3O2S. The first kappa shape index (κ1) is 19.9. The quantitative estimate of drug-likeness (QED) is 0.240. The number of allylic oxidation sites excluding steroid dienone is 1. The number of rotatable bonds is 7. The molecule has 29 heavy (non-hydrogen) atoms. The van der Waals surface area contributed by atoms with Crippen molar-refractivity contribution in [2.24, 2.45) is 0 Å². The van der Waals surface area contributed by atoms with Gasteiger partial charge in [0.15, 0.2) is 22.2 Å². The van der Waals surface area contributed by atoms with E-state index in [1.165, 1.54) is 0 Å². The summed E-state index contributed by atoms with van der Waals surface area (Å²) >= 11 is 13.7. The Morgan fingerprint density at radius 1 is 1.17 bits per heavy atom. The number of ether oxygens (including phenoxy) is 1. The average Bonchev–Trinajstić information content (AvgIpc) is 3.33. The molecule has 0 saturated carbocycles. The number of hydrogen-bond acceptors (Lipinski definition) is 5. The van der Waals surface area contributed by atoms with Crippen LogP contribution < -0.4 is 4.74 Å². The molecule has 148 valence electrons. The van der Waals surface area contributed by atoms with Crippen LogP contribution in [0.15, 0.2) is 64.7 Å². The monoisotopic (exact) mass is 445 g/mol. The first-order chi connectivity index (χ1) is 14.1. The van der Waals surface area contributed by atoms with Crippen molar-refractivity contribution in [3.05, 3.63) is 70.7 Å². The van der Waals surface area contributed by atoms with E-state index < -0.39 is 0 Å². The lowest BCUT2D eigenvalue weighted by Crippen LogP contribution is -2.00. The van der Waals surface area contributed by atoms with Crippen LogP contribution in [0.25, 0.3) is 22.6 Å². The maximum atomic E-state index is 6.11. The van der Waals surface area contributed by atoms with Gasteiger partial charge in [0.2, 0.25) is 5.82 Å². The molecule has 2 aromatic carbocycles. The number of fused-ring (bicyclic) bond motifs is 1. The zero-order chi connectivity index (χ0) is 20.4. The van der Waals surface area contributed by atoms with Crippen molar-refractivity contribution in [3.8, 4) is 17.3 Å². The Kier molecular flexibility index (Phi) is 5.85. The molecule has 2 heterocycles. The van der Waals surface area contributed by atoms with E-state index in [1.807, 2.05) is 41.0 Å². The van der Waals surface area contributed by atoms with E-state index >= 15 is 0 Å². The largest absolute Gasteiger partial charge is 0.493 e. The summed E-state index contributed by atoms with van der Waals surface area (Å²) in [6.45, 7) is 4.41. The Morgan fingerprint density at radius 3 is 2.79 bits per heavy atom. The topological polar surface area (TPSA) is 53.1 Å². The molecule has 5 nitrogen and oxygen atoms in total. The molecule has 0 aliphatic rings. The van der Waals surface area contributed by atoms with E-state index in [1.54, 1.807) is 31.0 Å². The zero-order valence-electron chi connectivity index (χ0n) is 15.6. The fourth-order valence-corrected chi connectivity index (χ4v) is 4.17. The molecule has 0 N–H and O–H groups in total. The highest BCUT2D eigenvalue weighted by Crippen LogP contribution is 2.34. The van der Waals surface area contributed by atoms with E-state index in [2.05, 4.69) is 16.8 Å². The highest BCUT2D eigenvalue weighted by atomic mass is 35.5. The van der Waals surface area contributed by atoms with Crippen molar-refractivity contribution in [3.63, 3.8) is 0 Å². The molecule has 0 bridgehead atoms. The molecule has 0 aliphatic carbocycles. The third-order valence-corrected chi connectivity index (χ3v) is 6.11. The maximum absolute atomic E-state index is 6.11. The van der Waals surface area contributed by atoms with Gasteiger partial charge in [-0.25, -0.2) is 0 Å². The second kappa shape index (κ2) is 8.53. The van der Waals surface area contributed by atoms with Gasteiger partial charge >= 0.3 is 0 Å². The molecule has 4 rings (SSSR count). The highest BCUT2D eigenvalue weighted by molar-refractivity contribution is 7.98. The summed E-state index contributed by atoms with van der Waals surface area (Å²) in [4.78, 5) is 0. The van der Waals surface area contributed by atoms with Crippen LogP contribution in [-0.4, -0.2) is 21.9 Å². The first-order valence-corrected chi connectivity index (χ1v) is 10.5. The number of thioether (sulfide) groups is 1. The SMILES string of the molecule is C=CCn1c(SCc2ccc(Cl)c(Cl)c2)nnc1-c1cc2cccc(OC)c2o1. The lowest BCUT2D eigenvalue weighted by atomic mass is 10.2. The molecule has 0 aliphatic heterocycles. The number of nitrogens with zero attached hydrogens (tertiary/aromatic N) is 3. The number of furan rings is 1. The van der Waals surface area contributed by atoms with Crippen LogP contribution in [0.5, 0.6) is 5.75 Å². The molecule has 8 heteroatoms. The van der Waals surface area contributed by atoms with Crippen molar-refractivity contribution in [1.82, 2.24) is 14.8 Å². The number of hydrogen-bond donors (Lipinski definition) is 0. The summed E-state index contributed by atoms with van der Waals surface area (Å²) in [6.07, 6.45) is 1.80. The van der Waals surface area contributed by atoms with E-state index in [9.17, 15) is 0 Å². The van der Waals surface area contributed by atoms with Gasteiger partial charge in [-0.1, -0.05) is 59.2 Å². The third-order valence-electron chi connectivity index (χ3n) is 4.33. The minimum Gasteiger partial charge on any atom is -0.493 e. The van der Waals surface area contributed by atoms with Gasteiger partial charge < -0.3 is 9.15 Å². The van der Waals surface area contributed by atoms with Crippen LogP contribution in [0, 0.1) is 0 Å². The van der Waals surface area contributed by atoms with E-state index in [4.69, 9.17) is 32.4 Å². The fraction of sp³-hybridized carbons (Fsp3) is 0.143. The van der Waals surface area contributed by atoms with Gasteiger partial charge in [0.1, 0.15) is 0 Å². The second-order valence-electron chi connectivity index (χ2n) is 6.23. The third kappa shape index (κ3) is 4.01.